The summed E-state index contributed by atoms with van der Waals surface area (Å²) in [4.78, 5) is 15.8. The third-order valence-electron chi connectivity index (χ3n) is 3.92. The SMILES string of the molecule is CN=C(NCCCCOCCc1ccccc1)NCCCNC(=O)OC(C)(C)C. The van der Waals surface area contributed by atoms with Crippen LogP contribution in [-0.4, -0.2) is 57.5 Å². The van der Waals surface area contributed by atoms with Gasteiger partial charge in [0.15, 0.2) is 5.96 Å². The van der Waals surface area contributed by atoms with Crippen molar-refractivity contribution in [2.45, 2.75) is 52.1 Å². The lowest BCUT2D eigenvalue weighted by molar-refractivity contribution is 0.0527. The van der Waals surface area contributed by atoms with Crippen molar-refractivity contribution in [1.29, 1.82) is 0 Å². The van der Waals surface area contributed by atoms with Crippen molar-refractivity contribution in [1.82, 2.24) is 16.0 Å². The van der Waals surface area contributed by atoms with E-state index in [1.807, 2.05) is 26.8 Å². The van der Waals surface area contributed by atoms with Crippen LogP contribution in [0.3, 0.4) is 0 Å². The Morgan fingerprint density at radius 3 is 2.24 bits per heavy atom. The van der Waals surface area contributed by atoms with Gasteiger partial charge in [-0.05, 0) is 52.0 Å². The summed E-state index contributed by atoms with van der Waals surface area (Å²) in [7, 11) is 1.75. The number of rotatable bonds is 12. The van der Waals surface area contributed by atoms with Gasteiger partial charge in [-0.2, -0.15) is 0 Å². The fourth-order valence-electron chi connectivity index (χ4n) is 2.49. The highest BCUT2D eigenvalue weighted by molar-refractivity contribution is 5.79. The van der Waals surface area contributed by atoms with Gasteiger partial charge in [-0.1, -0.05) is 30.3 Å². The molecule has 0 aliphatic rings. The molecule has 0 fully saturated rings. The summed E-state index contributed by atoms with van der Waals surface area (Å²) in [6.07, 6.45) is 3.39. The zero-order valence-corrected chi connectivity index (χ0v) is 18.4. The molecule has 0 heterocycles. The molecule has 3 N–H and O–H groups in total. The molecule has 7 nitrogen and oxygen atoms in total. The van der Waals surface area contributed by atoms with Crippen LogP contribution >= 0.6 is 0 Å². The molecule has 164 valence electrons. The molecule has 1 aromatic carbocycles. The monoisotopic (exact) mass is 406 g/mol. The fraction of sp³-hybridized carbons (Fsp3) is 0.636. The number of guanidine groups is 1. The Balaban J connectivity index is 1.95. The topological polar surface area (TPSA) is 84.0 Å². The average molecular weight is 407 g/mol. The summed E-state index contributed by atoms with van der Waals surface area (Å²) in [5.41, 5.74) is 0.839. The molecular formula is C22H38N4O3. The number of alkyl carbamates (subject to hydrolysis) is 1. The highest BCUT2D eigenvalue weighted by atomic mass is 16.6. The van der Waals surface area contributed by atoms with Crippen LogP contribution in [0.5, 0.6) is 0 Å². The molecule has 0 saturated carbocycles. The fourth-order valence-corrected chi connectivity index (χ4v) is 2.49. The summed E-state index contributed by atoms with van der Waals surface area (Å²) < 4.78 is 10.9. The molecule has 7 heteroatoms. The van der Waals surface area contributed by atoms with Gasteiger partial charge in [0.1, 0.15) is 5.60 Å². The number of hydrogen-bond donors (Lipinski definition) is 3. The standard InChI is InChI=1S/C22H38N4O3/c1-22(2,3)29-21(27)26-16-10-15-25-20(23-4)24-14-8-9-17-28-18-13-19-11-6-5-7-12-19/h5-7,11-12H,8-10,13-18H2,1-4H3,(H,26,27)(H2,23,24,25). The number of nitrogens with zero attached hydrogens (tertiary/aromatic N) is 1. The molecule has 0 atom stereocenters. The van der Waals surface area contributed by atoms with Gasteiger partial charge < -0.3 is 25.4 Å². The van der Waals surface area contributed by atoms with Gasteiger partial charge in [-0.25, -0.2) is 4.79 Å². The van der Waals surface area contributed by atoms with Crippen molar-refractivity contribution >= 4 is 12.1 Å². The lowest BCUT2D eigenvalue weighted by atomic mass is 10.2. The van der Waals surface area contributed by atoms with Crippen LogP contribution in [0.25, 0.3) is 0 Å². The van der Waals surface area contributed by atoms with Gasteiger partial charge in [0.25, 0.3) is 0 Å². The molecule has 0 radical (unpaired) electrons. The summed E-state index contributed by atoms with van der Waals surface area (Å²) in [5, 5.41) is 9.27. The third-order valence-corrected chi connectivity index (χ3v) is 3.92. The predicted molar refractivity (Wildman–Crippen MR) is 118 cm³/mol. The van der Waals surface area contributed by atoms with Gasteiger partial charge in [-0.3, -0.25) is 4.99 Å². The van der Waals surface area contributed by atoms with Crippen molar-refractivity contribution < 1.29 is 14.3 Å². The number of hydrogen-bond acceptors (Lipinski definition) is 4. The maximum atomic E-state index is 11.6. The van der Waals surface area contributed by atoms with Crippen LogP contribution in [0, 0.1) is 0 Å². The van der Waals surface area contributed by atoms with E-state index in [1.165, 1.54) is 5.56 Å². The second-order valence-corrected chi connectivity index (χ2v) is 7.76. The summed E-state index contributed by atoms with van der Waals surface area (Å²) in [6.45, 7) is 9.20. The Labute approximate surface area is 175 Å². The maximum Gasteiger partial charge on any atom is 0.407 e. The lowest BCUT2D eigenvalue weighted by Gasteiger charge is -2.19. The Hall–Kier alpha value is -2.28. The summed E-state index contributed by atoms with van der Waals surface area (Å²) in [6, 6.07) is 10.4. The summed E-state index contributed by atoms with van der Waals surface area (Å²) in [5.74, 6) is 0.771. The minimum absolute atomic E-state index is 0.383. The average Bonchev–Trinajstić information content (AvgIpc) is 2.67. The zero-order valence-electron chi connectivity index (χ0n) is 18.4. The molecule has 0 saturated heterocycles. The van der Waals surface area contributed by atoms with Gasteiger partial charge in [-0.15, -0.1) is 0 Å². The van der Waals surface area contributed by atoms with Crippen molar-refractivity contribution in [3.63, 3.8) is 0 Å². The van der Waals surface area contributed by atoms with Crippen molar-refractivity contribution in [3.8, 4) is 0 Å². The van der Waals surface area contributed by atoms with Crippen molar-refractivity contribution in [2.24, 2.45) is 4.99 Å². The van der Waals surface area contributed by atoms with E-state index in [1.54, 1.807) is 7.05 Å². The first kappa shape index (κ1) is 24.8. The van der Waals surface area contributed by atoms with Gasteiger partial charge in [0.05, 0.1) is 6.61 Å². The number of ether oxygens (including phenoxy) is 2. The molecule has 0 aliphatic carbocycles. The number of unbranched alkanes of at least 4 members (excludes halogenated alkanes) is 1. The minimum atomic E-state index is -0.471. The van der Waals surface area contributed by atoms with Gasteiger partial charge in [0, 0.05) is 33.3 Å². The predicted octanol–water partition coefficient (Wildman–Crippen LogP) is 3.11. The number of carbonyl (C=O) groups excluding carboxylic acids is 1. The maximum absolute atomic E-state index is 11.6. The number of benzene rings is 1. The van der Waals surface area contributed by atoms with E-state index in [9.17, 15) is 4.79 Å². The first-order valence-corrected chi connectivity index (χ1v) is 10.4. The van der Waals surface area contributed by atoms with Crippen LogP contribution in [-0.2, 0) is 15.9 Å². The lowest BCUT2D eigenvalue weighted by Crippen LogP contribution is -2.39. The molecule has 1 aromatic rings. The Kier molecular flexibility index (Phi) is 12.5. The molecule has 0 aliphatic heterocycles. The smallest absolute Gasteiger partial charge is 0.407 e. The largest absolute Gasteiger partial charge is 0.444 e. The number of aliphatic imine (C=N–C) groups is 1. The molecule has 0 spiro atoms. The number of nitrogens with one attached hydrogen (secondary N) is 3. The first-order valence-electron chi connectivity index (χ1n) is 10.4. The molecule has 1 rings (SSSR count). The Morgan fingerprint density at radius 1 is 0.931 bits per heavy atom. The van der Waals surface area contributed by atoms with E-state index in [0.29, 0.717) is 6.54 Å². The van der Waals surface area contributed by atoms with Gasteiger partial charge >= 0.3 is 6.09 Å². The quantitative estimate of drug-likeness (QED) is 0.282. The normalized spacial score (nSPS) is 11.8. The highest BCUT2D eigenvalue weighted by Gasteiger charge is 2.15. The second-order valence-electron chi connectivity index (χ2n) is 7.76. The van der Waals surface area contributed by atoms with Crippen molar-refractivity contribution in [2.75, 3.05) is 39.9 Å². The second kappa shape index (κ2) is 14.7. The van der Waals surface area contributed by atoms with Crippen molar-refractivity contribution in [3.05, 3.63) is 35.9 Å². The third kappa shape index (κ3) is 14.4. The molecule has 1 amide bonds. The van der Waals surface area contributed by atoms with Crippen LogP contribution < -0.4 is 16.0 Å². The van der Waals surface area contributed by atoms with E-state index in [-0.39, 0.29) is 6.09 Å². The van der Waals surface area contributed by atoms with Gasteiger partial charge in [0.2, 0.25) is 0 Å². The Morgan fingerprint density at radius 2 is 1.59 bits per heavy atom. The van der Waals surface area contributed by atoms with E-state index < -0.39 is 5.60 Å². The van der Waals surface area contributed by atoms with Crippen LogP contribution in [0.15, 0.2) is 35.3 Å². The number of amides is 1. The number of carbonyl (C=O) groups is 1. The molecule has 0 bridgehead atoms. The minimum Gasteiger partial charge on any atom is -0.444 e. The van der Waals surface area contributed by atoms with Crippen LogP contribution in [0.4, 0.5) is 4.79 Å². The molecule has 0 unspecified atom stereocenters. The summed E-state index contributed by atoms with van der Waals surface area (Å²) >= 11 is 0. The first-order chi connectivity index (χ1) is 13.9. The highest BCUT2D eigenvalue weighted by Crippen LogP contribution is 2.06. The van der Waals surface area contributed by atoms with Crippen LogP contribution in [0.1, 0.15) is 45.6 Å². The molecular weight excluding hydrogens is 368 g/mol. The van der Waals surface area contributed by atoms with E-state index in [0.717, 1.165) is 57.9 Å². The zero-order chi connectivity index (χ0) is 21.4. The van der Waals surface area contributed by atoms with E-state index in [2.05, 4.69) is 45.2 Å². The Bertz CT molecular complexity index is 585. The molecule has 0 aromatic heterocycles. The molecule has 29 heavy (non-hydrogen) atoms. The van der Waals surface area contributed by atoms with E-state index >= 15 is 0 Å². The van der Waals surface area contributed by atoms with Crippen LogP contribution in [0.2, 0.25) is 0 Å². The van der Waals surface area contributed by atoms with E-state index in [4.69, 9.17) is 9.47 Å².